The summed E-state index contributed by atoms with van der Waals surface area (Å²) in [4.78, 5) is 19.5. The van der Waals surface area contributed by atoms with Gasteiger partial charge in [-0.15, -0.1) is 21.5 Å². The Kier molecular flexibility index (Phi) is 4.76. The average molecular weight is 384 g/mol. The third-order valence-electron chi connectivity index (χ3n) is 4.48. The van der Waals surface area contributed by atoms with Crippen molar-refractivity contribution in [3.05, 3.63) is 41.4 Å². The fourth-order valence-electron chi connectivity index (χ4n) is 2.94. The Bertz CT molecular complexity index is 898. The van der Waals surface area contributed by atoms with Crippen molar-refractivity contribution in [1.29, 1.82) is 0 Å². The predicted octanol–water partition coefficient (Wildman–Crippen LogP) is 2.22. The van der Waals surface area contributed by atoms with E-state index in [9.17, 15) is 4.79 Å². The topological polar surface area (TPSA) is 78.6 Å². The van der Waals surface area contributed by atoms with E-state index in [2.05, 4.69) is 20.3 Å². The van der Waals surface area contributed by atoms with Gasteiger partial charge in [0.1, 0.15) is 0 Å². The molecule has 1 aliphatic rings. The van der Waals surface area contributed by atoms with Gasteiger partial charge in [0.15, 0.2) is 23.1 Å². The van der Waals surface area contributed by atoms with Crippen LogP contribution in [0.4, 0.5) is 11.6 Å². The number of rotatable bonds is 4. The van der Waals surface area contributed by atoms with E-state index in [1.807, 2.05) is 48.6 Å². The van der Waals surface area contributed by atoms with Crippen molar-refractivity contribution in [2.45, 2.75) is 0 Å². The first kappa shape index (κ1) is 17.5. The zero-order valence-corrected chi connectivity index (χ0v) is 16.0. The monoisotopic (exact) mass is 384 g/mol. The summed E-state index contributed by atoms with van der Waals surface area (Å²) in [6.45, 7) is 2.63. The van der Waals surface area contributed by atoms with Gasteiger partial charge in [0.2, 0.25) is 0 Å². The lowest BCUT2D eigenvalue weighted by Crippen LogP contribution is -2.49. The summed E-state index contributed by atoms with van der Waals surface area (Å²) in [5.74, 6) is 2.17. The highest BCUT2D eigenvalue weighted by molar-refractivity contribution is 7.13. The summed E-state index contributed by atoms with van der Waals surface area (Å²) in [5, 5.41) is 14.4. The first-order chi connectivity index (χ1) is 13.1. The second-order valence-electron chi connectivity index (χ2n) is 6.48. The van der Waals surface area contributed by atoms with E-state index in [1.54, 1.807) is 22.3 Å². The third kappa shape index (κ3) is 3.63. The zero-order chi connectivity index (χ0) is 18.8. The summed E-state index contributed by atoms with van der Waals surface area (Å²) in [5.41, 5.74) is 0.349. The van der Waals surface area contributed by atoms with Gasteiger partial charge in [-0.05, 0) is 23.6 Å². The van der Waals surface area contributed by atoms with Gasteiger partial charge in [0, 0.05) is 46.3 Å². The fourth-order valence-corrected chi connectivity index (χ4v) is 3.61. The van der Waals surface area contributed by atoms with E-state index in [0.29, 0.717) is 37.6 Å². The minimum atomic E-state index is -0.102. The van der Waals surface area contributed by atoms with Gasteiger partial charge in [-0.3, -0.25) is 4.79 Å². The number of aromatic nitrogens is 3. The number of hydrogen-bond acceptors (Lipinski definition) is 8. The molecule has 0 saturated carbocycles. The smallest absolute Gasteiger partial charge is 0.276 e. The molecule has 0 unspecified atom stereocenters. The molecular weight excluding hydrogens is 364 g/mol. The molecule has 0 atom stereocenters. The zero-order valence-electron chi connectivity index (χ0n) is 15.2. The average Bonchev–Trinajstić information content (AvgIpc) is 3.39. The van der Waals surface area contributed by atoms with E-state index in [4.69, 9.17) is 4.52 Å². The van der Waals surface area contributed by atoms with Crippen LogP contribution in [0.15, 0.2) is 40.2 Å². The molecule has 0 aliphatic carbocycles. The van der Waals surface area contributed by atoms with Gasteiger partial charge < -0.3 is 19.2 Å². The number of thiophene rings is 1. The molecule has 140 valence electrons. The van der Waals surface area contributed by atoms with Crippen LogP contribution in [-0.2, 0) is 0 Å². The van der Waals surface area contributed by atoms with Crippen LogP contribution in [0.2, 0.25) is 0 Å². The lowest BCUT2D eigenvalue weighted by molar-refractivity contribution is 0.0736. The van der Waals surface area contributed by atoms with Crippen LogP contribution in [0.3, 0.4) is 0 Å². The molecule has 0 N–H and O–H groups in total. The Morgan fingerprint density at radius 2 is 1.96 bits per heavy atom. The van der Waals surface area contributed by atoms with Crippen molar-refractivity contribution >= 4 is 28.9 Å². The fraction of sp³-hybridized carbons (Fsp3) is 0.333. The van der Waals surface area contributed by atoms with Crippen molar-refractivity contribution in [2.24, 2.45) is 0 Å². The highest BCUT2D eigenvalue weighted by atomic mass is 32.1. The number of anilines is 2. The minimum Gasteiger partial charge on any atom is -0.361 e. The minimum absolute atomic E-state index is 0.102. The molecular formula is C18H20N6O2S. The summed E-state index contributed by atoms with van der Waals surface area (Å²) in [6.07, 6.45) is 0. The van der Waals surface area contributed by atoms with Gasteiger partial charge in [0.25, 0.3) is 5.91 Å². The Morgan fingerprint density at radius 3 is 2.59 bits per heavy atom. The number of hydrogen-bond donors (Lipinski definition) is 0. The first-order valence-electron chi connectivity index (χ1n) is 8.68. The maximum atomic E-state index is 12.7. The molecule has 3 aromatic rings. The van der Waals surface area contributed by atoms with Crippen LogP contribution in [0, 0.1) is 0 Å². The summed E-state index contributed by atoms with van der Waals surface area (Å²) in [6, 6.07) is 9.51. The second-order valence-corrected chi connectivity index (χ2v) is 7.42. The van der Waals surface area contributed by atoms with E-state index >= 15 is 0 Å². The Labute approximate surface area is 161 Å². The van der Waals surface area contributed by atoms with E-state index in [-0.39, 0.29) is 5.91 Å². The van der Waals surface area contributed by atoms with Crippen LogP contribution in [0.5, 0.6) is 0 Å². The molecule has 4 heterocycles. The normalized spacial score (nSPS) is 14.4. The highest BCUT2D eigenvalue weighted by Crippen LogP contribution is 2.25. The van der Waals surface area contributed by atoms with Gasteiger partial charge in [0.05, 0.1) is 4.88 Å². The lowest BCUT2D eigenvalue weighted by Gasteiger charge is -2.34. The summed E-state index contributed by atoms with van der Waals surface area (Å²) in [7, 11) is 3.86. The number of nitrogens with zero attached hydrogens (tertiary/aromatic N) is 6. The van der Waals surface area contributed by atoms with Crippen LogP contribution < -0.4 is 9.80 Å². The van der Waals surface area contributed by atoms with Crippen molar-refractivity contribution in [2.75, 3.05) is 50.1 Å². The molecule has 3 aromatic heterocycles. The quantitative estimate of drug-likeness (QED) is 0.682. The molecule has 1 amide bonds. The molecule has 8 nitrogen and oxygen atoms in total. The first-order valence-corrected chi connectivity index (χ1v) is 9.55. The van der Waals surface area contributed by atoms with Crippen LogP contribution in [-0.4, -0.2) is 66.4 Å². The Morgan fingerprint density at radius 1 is 1.15 bits per heavy atom. The van der Waals surface area contributed by atoms with E-state index in [1.165, 1.54) is 0 Å². The number of amides is 1. The lowest BCUT2D eigenvalue weighted by atomic mass is 10.2. The molecule has 1 aliphatic heterocycles. The molecule has 1 saturated heterocycles. The second kappa shape index (κ2) is 7.36. The summed E-state index contributed by atoms with van der Waals surface area (Å²) >= 11 is 1.56. The standard InChI is InChI=1S/C18H20N6O2S/c1-22(2)16-5-6-17(20-19-16)23-7-9-24(10-8-23)18(25)13-12-14(26-21-13)15-4-3-11-27-15/h3-6,11-12H,7-10H2,1-2H3. The van der Waals surface area contributed by atoms with Crippen LogP contribution >= 0.6 is 11.3 Å². The predicted molar refractivity (Wildman–Crippen MR) is 104 cm³/mol. The SMILES string of the molecule is CN(C)c1ccc(N2CCN(C(=O)c3cc(-c4cccs4)on3)CC2)nn1. The van der Waals surface area contributed by atoms with Gasteiger partial charge in [-0.1, -0.05) is 11.2 Å². The molecule has 0 aromatic carbocycles. The van der Waals surface area contributed by atoms with Crippen molar-refractivity contribution < 1.29 is 9.32 Å². The molecule has 1 fully saturated rings. The van der Waals surface area contributed by atoms with Crippen molar-refractivity contribution in [3.63, 3.8) is 0 Å². The van der Waals surface area contributed by atoms with Crippen LogP contribution in [0.25, 0.3) is 10.6 Å². The van der Waals surface area contributed by atoms with E-state index < -0.39 is 0 Å². The largest absolute Gasteiger partial charge is 0.361 e. The van der Waals surface area contributed by atoms with Crippen molar-refractivity contribution in [3.8, 4) is 10.6 Å². The summed E-state index contributed by atoms with van der Waals surface area (Å²) < 4.78 is 5.32. The van der Waals surface area contributed by atoms with Gasteiger partial charge in [-0.2, -0.15) is 0 Å². The molecule has 27 heavy (non-hydrogen) atoms. The molecule has 0 spiro atoms. The number of carbonyl (C=O) groups is 1. The highest BCUT2D eigenvalue weighted by Gasteiger charge is 2.25. The number of piperazine rings is 1. The van der Waals surface area contributed by atoms with E-state index in [0.717, 1.165) is 16.5 Å². The molecule has 0 bridgehead atoms. The maximum absolute atomic E-state index is 12.7. The molecule has 0 radical (unpaired) electrons. The molecule has 9 heteroatoms. The van der Waals surface area contributed by atoms with Crippen LogP contribution in [0.1, 0.15) is 10.5 Å². The Hall–Kier alpha value is -2.94. The third-order valence-corrected chi connectivity index (χ3v) is 5.36. The number of carbonyl (C=O) groups excluding carboxylic acids is 1. The van der Waals surface area contributed by atoms with Crippen molar-refractivity contribution in [1.82, 2.24) is 20.3 Å². The molecule has 4 rings (SSSR count). The van der Waals surface area contributed by atoms with Gasteiger partial charge in [-0.25, -0.2) is 0 Å². The van der Waals surface area contributed by atoms with Gasteiger partial charge >= 0.3 is 0 Å². The Balaban J connectivity index is 1.38. The maximum Gasteiger partial charge on any atom is 0.276 e.